The smallest absolute Gasteiger partial charge is 0.234 e. The first-order valence-corrected chi connectivity index (χ1v) is 11.1. The molecule has 31 heavy (non-hydrogen) atoms. The molecule has 1 aromatic heterocycles. The van der Waals surface area contributed by atoms with Gasteiger partial charge in [0.25, 0.3) is 0 Å². The van der Waals surface area contributed by atoms with E-state index in [-0.39, 0.29) is 17.5 Å². The molecule has 2 aromatic carbocycles. The second kappa shape index (κ2) is 9.78. The maximum atomic E-state index is 13.1. The molecule has 4 rings (SSSR count). The molecule has 6 nitrogen and oxygen atoms in total. The Morgan fingerprint density at radius 2 is 1.68 bits per heavy atom. The van der Waals surface area contributed by atoms with Gasteiger partial charge in [-0.05, 0) is 43.3 Å². The molecule has 1 aliphatic heterocycles. The van der Waals surface area contributed by atoms with Crippen LogP contribution in [0.2, 0.25) is 0 Å². The largest absolute Gasteiger partial charge is 0.368 e. The minimum Gasteiger partial charge on any atom is -0.368 e. The van der Waals surface area contributed by atoms with Gasteiger partial charge in [-0.1, -0.05) is 29.5 Å². The van der Waals surface area contributed by atoms with Crippen molar-refractivity contribution in [3.8, 4) is 0 Å². The lowest BCUT2D eigenvalue weighted by atomic mass is 10.2. The topological polar surface area (TPSA) is 61.4 Å². The third-order valence-electron chi connectivity index (χ3n) is 5.11. The molecule has 1 saturated heterocycles. The molecular weight excluding hydrogens is 413 g/mol. The lowest BCUT2D eigenvalue weighted by molar-refractivity contribution is -0.113. The van der Waals surface area contributed by atoms with E-state index in [0.717, 1.165) is 54.0 Å². The molecule has 8 heteroatoms. The SMILES string of the molecule is Cc1ccc(NC(=O)CSc2cc(N3CCN(c4ccc(F)cc4)CC3)ncn2)cc1. The maximum Gasteiger partial charge on any atom is 0.234 e. The van der Waals surface area contributed by atoms with Crippen LogP contribution >= 0.6 is 11.8 Å². The third kappa shape index (κ3) is 5.73. The van der Waals surface area contributed by atoms with E-state index < -0.39 is 0 Å². The molecular formula is C23H24FN5OS. The van der Waals surface area contributed by atoms with Gasteiger partial charge >= 0.3 is 0 Å². The van der Waals surface area contributed by atoms with Gasteiger partial charge in [0.05, 0.1) is 5.75 Å². The van der Waals surface area contributed by atoms with Gasteiger partial charge in [-0.2, -0.15) is 0 Å². The summed E-state index contributed by atoms with van der Waals surface area (Å²) >= 11 is 1.39. The van der Waals surface area contributed by atoms with Crippen LogP contribution in [0.3, 0.4) is 0 Å². The van der Waals surface area contributed by atoms with E-state index in [1.54, 1.807) is 6.33 Å². The lowest BCUT2D eigenvalue weighted by Crippen LogP contribution is -2.46. The Balaban J connectivity index is 1.29. The second-order valence-corrected chi connectivity index (χ2v) is 8.36. The number of thioether (sulfide) groups is 1. The molecule has 2 heterocycles. The molecule has 0 aliphatic carbocycles. The molecule has 0 radical (unpaired) electrons. The summed E-state index contributed by atoms with van der Waals surface area (Å²) in [6.45, 7) is 5.30. The van der Waals surface area contributed by atoms with Crippen molar-refractivity contribution in [2.45, 2.75) is 11.9 Å². The van der Waals surface area contributed by atoms with E-state index in [1.165, 1.54) is 23.9 Å². The van der Waals surface area contributed by atoms with Crippen LogP contribution in [0, 0.1) is 12.7 Å². The fraction of sp³-hybridized carbons (Fsp3) is 0.261. The standard InChI is InChI=1S/C23H24FN5OS/c1-17-2-6-19(7-3-17)27-22(30)15-31-23-14-21(25-16-26-23)29-12-10-28(11-13-29)20-8-4-18(24)5-9-20/h2-9,14,16H,10-13,15H2,1H3,(H,27,30). The average Bonchev–Trinajstić information content (AvgIpc) is 2.80. The van der Waals surface area contributed by atoms with Gasteiger partial charge < -0.3 is 15.1 Å². The van der Waals surface area contributed by atoms with Crippen LogP contribution < -0.4 is 15.1 Å². The Labute approximate surface area is 185 Å². The number of anilines is 3. The molecule has 3 aromatic rings. The summed E-state index contributed by atoms with van der Waals surface area (Å²) in [5.41, 5.74) is 2.97. The number of aryl methyl sites for hydroxylation is 1. The number of aromatic nitrogens is 2. The number of carbonyl (C=O) groups excluding carboxylic acids is 1. The fourth-order valence-electron chi connectivity index (χ4n) is 3.40. The van der Waals surface area contributed by atoms with E-state index in [1.807, 2.05) is 49.4 Å². The first-order chi connectivity index (χ1) is 15.1. The van der Waals surface area contributed by atoms with Crippen molar-refractivity contribution >= 4 is 34.9 Å². The third-order valence-corrected chi connectivity index (χ3v) is 6.04. The van der Waals surface area contributed by atoms with Crippen LogP contribution in [0.15, 0.2) is 66.0 Å². The number of hydrogen-bond acceptors (Lipinski definition) is 6. The van der Waals surface area contributed by atoms with Crippen LogP contribution in [0.4, 0.5) is 21.6 Å². The van der Waals surface area contributed by atoms with Gasteiger partial charge in [-0.15, -0.1) is 0 Å². The van der Waals surface area contributed by atoms with Crippen molar-refractivity contribution < 1.29 is 9.18 Å². The summed E-state index contributed by atoms with van der Waals surface area (Å²) in [6.07, 6.45) is 1.54. The molecule has 160 valence electrons. The highest BCUT2D eigenvalue weighted by Crippen LogP contribution is 2.23. The molecule has 1 fully saturated rings. The molecule has 1 aliphatic rings. The van der Waals surface area contributed by atoms with E-state index in [0.29, 0.717) is 0 Å². The van der Waals surface area contributed by atoms with Crippen LogP contribution in [0.5, 0.6) is 0 Å². The van der Waals surface area contributed by atoms with E-state index in [4.69, 9.17) is 0 Å². The number of halogens is 1. The van der Waals surface area contributed by atoms with Crippen LogP contribution in [0.25, 0.3) is 0 Å². The number of benzene rings is 2. The molecule has 0 spiro atoms. The Hall–Kier alpha value is -3.13. The van der Waals surface area contributed by atoms with Crippen LogP contribution in [-0.2, 0) is 4.79 Å². The minimum absolute atomic E-state index is 0.0677. The molecule has 0 saturated carbocycles. The number of amides is 1. The zero-order valence-electron chi connectivity index (χ0n) is 17.3. The van der Waals surface area contributed by atoms with Gasteiger partial charge in [0.15, 0.2) is 0 Å². The Kier molecular flexibility index (Phi) is 6.66. The first kappa shape index (κ1) is 21.1. The van der Waals surface area contributed by atoms with E-state index in [2.05, 4.69) is 25.1 Å². The van der Waals surface area contributed by atoms with Crippen molar-refractivity contribution in [1.29, 1.82) is 0 Å². The number of carbonyl (C=O) groups is 1. The second-order valence-electron chi connectivity index (χ2n) is 7.37. The average molecular weight is 438 g/mol. The predicted molar refractivity (Wildman–Crippen MR) is 123 cm³/mol. The minimum atomic E-state index is -0.221. The highest BCUT2D eigenvalue weighted by atomic mass is 32.2. The highest BCUT2D eigenvalue weighted by molar-refractivity contribution is 7.99. The summed E-state index contributed by atoms with van der Waals surface area (Å²) in [6, 6.07) is 16.3. The van der Waals surface area contributed by atoms with Crippen molar-refractivity contribution in [3.63, 3.8) is 0 Å². The molecule has 0 unspecified atom stereocenters. The summed E-state index contributed by atoms with van der Waals surface area (Å²) in [5.74, 6) is 0.848. The van der Waals surface area contributed by atoms with Gasteiger partial charge in [0.1, 0.15) is 23.0 Å². The normalized spacial score (nSPS) is 13.9. The van der Waals surface area contributed by atoms with Crippen molar-refractivity contribution in [1.82, 2.24) is 9.97 Å². The fourth-order valence-corrected chi connectivity index (χ4v) is 4.06. The van der Waals surface area contributed by atoms with Gasteiger partial charge in [0, 0.05) is 43.6 Å². The maximum absolute atomic E-state index is 13.1. The zero-order chi connectivity index (χ0) is 21.6. The van der Waals surface area contributed by atoms with Gasteiger partial charge in [-0.3, -0.25) is 4.79 Å². The highest BCUT2D eigenvalue weighted by Gasteiger charge is 2.19. The number of rotatable bonds is 6. The number of nitrogens with one attached hydrogen (secondary N) is 1. The summed E-state index contributed by atoms with van der Waals surface area (Å²) in [7, 11) is 0. The molecule has 0 bridgehead atoms. The van der Waals surface area contributed by atoms with Crippen LogP contribution in [-0.4, -0.2) is 47.8 Å². The molecule has 0 atom stereocenters. The summed E-state index contributed by atoms with van der Waals surface area (Å²) in [4.78, 5) is 25.4. The number of nitrogens with zero attached hydrogens (tertiary/aromatic N) is 4. The Bertz CT molecular complexity index is 1020. The summed E-state index contributed by atoms with van der Waals surface area (Å²) < 4.78 is 13.1. The quantitative estimate of drug-likeness (QED) is 0.465. The Morgan fingerprint density at radius 3 is 2.39 bits per heavy atom. The van der Waals surface area contributed by atoms with Gasteiger partial charge in [-0.25, -0.2) is 14.4 Å². The molecule has 1 N–H and O–H groups in total. The van der Waals surface area contributed by atoms with Gasteiger partial charge in [0.2, 0.25) is 5.91 Å². The zero-order valence-corrected chi connectivity index (χ0v) is 18.1. The monoisotopic (exact) mass is 437 g/mol. The Morgan fingerprint density at radius 1 is 1.00 bits per heavy atom. The first-order valence-electron chi connectivity index (χ1n) is 10.1. The number of hydrogen-bond donors (Lipinski definition) is 1. The van der Waals surface area contributed by atoms with Crippen molar-refractivity contribution in [2.24, 2.45) is 0 Å². The van der Waals surface area contributed by atoms with Crippen molar-refractivity contribution in [3.05, 3.63) is 72.3 Å². The summed E-state index contributed by atoms with van der Waals surface area (Å²) in [5, 5.41) is 3.67. The molecule has 1 amide bonds. The lowest BCUT2D eigenvalue weighted by Gasteiger charge is -2.36. The van der Waals surface area contributed by atoms with Crippen LogP contribution in [0.1, 0.15) is 5.56 Å². The van der Waals surface area contributed by atoms with E-state index in [9.17, 15) is 9.18 Å². The van der Waals surface area contributed by atoms with E-state index >= 15 is 0 Å². The predicted octanol–water partition coefficient (Wildman–Crippen LogP) is 3.98. The van der Waals surface area contributed by atoms with Crippen molar-refractivity contribution in [2.75, 3.05) is 47.0 Å². The number of piperazine rings is 1.